The molecule has 1 aliphatic carbocycles. The maximum Gasteiger partial charge on any atom is 0.271 e. The molecular formula is C25H26ClN3O3. The van der Waals surface area contributed by atoms with Crippen LogP contribution in [0.15, 0.2) is 59.2 Å². The van der Waals surface area contributed by atoms with Gasteiger partial charge in [-0.2, -0.15) is 0 Å². The number of benzene rings is 1. The topological polar surface area (TPSA) is 67.5 Å². The Hall–Kier alpha value is -2.99. The number of amides is 2. The highest BCUT2D eigenvalue weighted by molar-refractivity contribution is 6.31. The van der Waals surface area contributed by atoms with Crippen LogP contribution in [0.1, 0.15) is 48.7 Å². The molecule has 0 spiro atoms. The van der Waals surface area contributed by atoms with Crippen LogP contribution in [-0.2, 0) is 17.9 Å². The molecular weight excluding hydrogens is 426 g/mol. The summed E-state index contributed by atoms with van der Waals surface area (Å²) in [7, 11) is 0. The van der Waals surface area contributed by atoms with Gasteiger partial charge in [-0.25, -0.2) is 0 Å². The Kier molecular flexibility index (Phi) is 5.33. The van der Waals surface area contributed by atoms with E-state index in [0.717, 1.165) is 36.9 Å². The van der Waals surface area contributed by atoms with Crippen molar-refractivity contribution in [1.29, 1.82) is 0 Å². The van der Waals surface area contributed by atoms with Gasteiger partial charge in [0.2, 0.25) is 5.91 Å². The Labute approximate surface area is 192 Å². The lowest BCUT2D eigenvalue weighted by atomic mass is 9.93. The number of aromatic nitrogens is 1. The predicted octanol–water partition coefficient (Wildman–Crippen LogP) is 4.88. The van der Waals surface area contributed by atoms with E-state index in [4.69, 9.17) is 16.0 Å². The third-order valence-electron chi connectivity index (χ3n) is 6.75. The highest BCUT2D eigenvalue weighted by Gasteiger charge is 2.48. The summed E-state index contributed by atoms with van der Waals surface area (Å²) in [6.07, 6.45) is 5.80. The number of carbonyl (C=O) groups is 2. The van der Waals surface area contributed by atoms with E-state index in [9.17, 15) is 9.59 Å². The quantitative estimate of drug-likeness (QED) is 0.601. The standard InChI is InChI=1S/C25H26ClN3O3/c1-25(24(31)27-18-8-3-4-9-18)16-28-20(22-11-6-14-32-22)12-13-21(28)23(30)29(25)15-17-7-2-5-10-19(17)26/h2,5-7,10-14,18H,3-4,8-9,15-16H2,1H3,(H,27,31)/t25-/m1/s1. The van der Waals surface area contributed by atoms with Crippen molar-refractivity contribution in [2.24, 2.45) is 0 Å². The molecule has 0 unspecified atom stereocenters. The van der Waals surface area contributed by atoms with E-state index in [0.29, 0.717) is 23.0 Å². The smallest absolute Gasteiger partial charge is 0.271 e. The largest absolute Gasteiger partial charge is 0.463 e. The summed E-state index contributed by atoms with van der Waals surface area (Å²) in [4.78, 5) is 29.1. The minimum atomic E-state index is -1.08. The lowest BCUT2D eigenvalue weighted by Crippen LogP contribution is -2.64. The zero-order chi connectivity index (χ0) is 22.3. The molecule has 1 fully saturated rings. The monoisotopic (exact) mass is 451 g/mol. The summed E-state index contributed by atoms with van der Waals surface area (Å²) in [5.41, 5.74) is 1.06. The number of nitrogens with zero attached hydrogens (tertiary/aromatic N) is 2. The first-order chi connectivity index (χ1) is 15.5. The molecule has 166 valence electrons. The molecule has 3 aromatic rings. The average Bonchev–Trinajstić information content (AvgIpc) is 3.54. The summed E-state index contributed by atoms with van der Waals surface area (Å²) < 4.78 is 7.49. The second kappa shape index (κ2) is 8.17. The Balaban J connectivity index is 1.56. The van der Waals surface area contributed by atoms with Gasteiger partial charge in [-0.05, 0) is 55.7 Å². The first-order valence-electron chi connectivity index (χ1n) is 11.1. The lowest BCUT2D eigenvalue weighted by Gasteiger charge is -2.44. The number of hydrogen-bond acceptors (Lipinski definition) is 3. The molecule has 2 aliphatic rings. The van der Waals surface area contributed by atoms with Gasteiger partial charge in [-0.1, -0.05) is 42.6 Å². The highest BCUT2D eigenvalue weighted by Crippen LogP contribution is 2.35. The molecule has 0 radical (unpaired) electrons. The summed E-state index contributed by atoms with van der Waals surface area (Å²) >= 11 is 6.42. The number of hydrogen-bond donors (Lipinski definition) is 1. The molecule has 1 N–H and O–H groups in total. The predicted molar refractivity (Wildman–Crippen MR) is 122 cm³/mol. The van der Waals surface area contributed by atoms with Gasteiger partial charge < -0.3 is 19.2 Å². The third kappa shape index (κ3) is 3.52. The van der Waals surface area contributed by atoms with Crippen LogP contribution in [-0.4, -0.2) is 32.9 Å². The number of nitrogens with one attached hydrogen (secondary N) is 1. The van der Waals surface area contributed by atoms with Crippen molar-refractivity contribution in [3.05, 3.63) is 71.1 Å². The van der Waals surface area contributed by atoms with Crippen molar-refractivity contribution >= 4 is 23.4 Å². The molecule has 1 aliphatic heterocycles. The normalized spacial score (nSPS) is 21.1. The van der Waals surface area contributed by atoms with E-state index in [2.05, 4.69) is 5.32 Å². The van der Waals surface area contributed by atoms with Crippen LogP contribution in [0, 0.1) is 0 Å². The van der Waals surface area contributed by atoms with Gasteiger partial charge in [0.05, 0.1) is 18.5 Å². The second-order valence-electron chi connectivity index (χ2n) is 8.88. The van der Waals surface area contributed by atoms with Crippen LogP contribution in [0.5, 0.6) is 0 Å². The molecule has 32 heavy (non-hydrogen) atoms. The van der Waals surface area contributed by atoms with Crippen molar-refractivity contribution in [3.63, 3.8) is 0 Å². The van der Waals surface area contributed by atoms with E-state index >= 15 is 0 Å². The van der Waals surface area contributed by atoms with Gasteiger partial charge in [-0.3, -0.25) is 9.59 Å². The molecule has 5 rings (SSSR count). The molecule has 0 bridgehead atoms. The molecule has 1 atom stereocenters. The van der Waals surface area contributed by atoms with Gasteiger partial charge >= 0.3 is 0 Å². The lowest BCUT2D eigenvalue weighted by molar-refractivity contribution is -0.133. The van der Waals surface area contributed by atoms with Crippen molar-refractivity contribution in [2.75, 3.05) is 0 Å². The van der Waals surface area contributed by atoms with E-state index < -0.39 is 5.54 Å². The fraction of sp³-hybridized carbons (Fsp3) is 0.360. The van der Waals surface area contributed by atoms with E-state index in [1.807, 2.05) is 47.9 Å². The number of halogens is 1. The molecule has 6 nitrogen and oxygen atoms in total. The van der Waals surface area contributed by atoms with E-state index in [1.165, 1.54) is 0 Å². The minimum Gasteiger partial charge on any atom is -0.463 e. The third-order valence-corrected chi connectivity index (χ3v) is 7.11. The zero-order valence-corrected chi connectivity index (χ0v) is 18.8. The summed E-state index contributed by atoms with van der Waals surface area (Å²) in [5, 5.41) is 3.79. The van der Waals surface area contributed by atoms with Crippen molar-refractivity contribution in [3.8, 4) is 11.5 Å². The van der Waals surface area contributed by atoms with Gasteiger partial charge in [-0.15, -0.1) is 0 Å². The van der Waals surface area contributed by atoms with E-state index in [-0.39, 0.29) is 24.4 Å². The van der Waals surface area contributed by atoms with E-state index in [1.54, 1.807) is 23.3 Å². The molecule has 1 saturated carbocycles. The van der Waals surface area contributed by atoms with Gasteiger partial charge in [0.25, 0.3) is 5.91 Å². The number of rotatable bonds is 5. The molecule has 3 heterocycles. The summed E-state index contributed by atoms with van der Waals surface area (Å²) in [5.74, 6) is 0.342. The average molecular weight is 452 g/mol. The van der Waals surface area contributed by atoms with Gasteiger partial charge in [0.1, 0.15) is 17.0 Å². The molecule has 2 aromatic heterocycles. The molecule has 0 saturated heterocycles. The first-order valence-corrected chi connectivity index (χ1v) is 11.4. The zero-order valence-electron chi connectivity index (χ0n) is 18.0. The van der Waals surface area contributed by atoms with Gasteiger partial charge in [0, 0.05) is 17.6 Å². The number of carbonyl (C=O) groups excluding carboxylic acids is 2. The molecule has 2 amide bonds. The highest BCUT2D eigenvalue weighted by atomic mass is 35.5. The Morgan fingerprint density at radius 2 is 1.88 bits per heavy atom. The SMILES string of the molecule is C[C@]1(C(=O)NC2CCCC2)Cn2c(ccc2-c2ccco2)C(=O)N1Cc1ccccc1Cl. The summed E-state index contributed by atoms with van der Waals surface area (Å²) in [6, 6.07) is 15.0. The Morgan fingerprint density at radius 1 is 1.12 bits per heavy atom. The van der Waals surface area contributed by atoms with Crippen LogP contribution in [0.2, 0.25) is 5.02 Å². The van der Waals surface area contributed by atoms with Gasteiger partial charge in [0.15, 0.2) is 0 Å². The summed E-state index contributed by atoms with van der Waals surface area (Å²) in [6.45, 7) is 2.44. The maximum atomic E-state index is 13.7. The van der Waals surface area contributed by atoms with Crippen molar-refractivity contribution in [1.82, 2.24) is 14.8 Å². The van der Waals surface area contributed by atoms with Crippen LogP contribution in [0.3, 0.4) is 0 Å². The first kappa shape index (κ1) is 20.9. The van der Waals surface area contributed by atoms with Crippen LogP contribution < -0.4 is 5.32 Å². The van der Waals surface area contributed by atoms with Crippen molar-refractivity contribution < 1.29 is 14.0 Å². The number of furan rings is 1. The molecule has 1 aromatic carbocycles. The minimum absolute atomic E-state index is 0.130. The fourth-order valence-electron chi connectivity index (χ4n) is 4.87. The Morgan fingerprint density at radius 3 is 2.59 bits per heavy atom. The van der Waals surface area contributed by atoms with Crippen molar-refractivity contribution in [2.45, 2.75) is 57.3 Å². The second-order valence-corrected chi connectivity index (χ2v) is 9.29. The van der Waals surface area contributed by atoms with Crippen LogP contribution >= 0.6 is 11.6 Å². The Bertz CT molecular complexity index is 1150. The molecule has 7 heteroatoms. The number of fused-ring (bicyclic) bond motifs is 1. The fourth-order valence-corrected chi connectivity index (χ4v) is 5.06. The maximum absolute atomic E-state index is 13.7. The van der Waals surface area contributed by atoms with Crippen LogP contribution in [0.4, 0.5) is 0 Å². The van der Waals surface area contributed by atoms with Crippen LogP contribution in [0.25, 0.3) is 11.5 Å².